The number of benzene rings is 2. The Labute approximate surface area is 129 Å². The molecule has 0 bridgehead atoms. The Morgan fingerprint density at radius 3 is 2.59 bits per heavy atom. The average Bonchev–Trinajstić information content (AvgIpc) is 2.61. The van der Waals surface area contributed by atoms with Crippen LogP contribution in [0.1, 0.15) is 15.9 Å². The predicted molar refractivity (Wildman–Crippen MR) is 85.8 cm³/mol. The zero-order chi connectivity index (χ0) is 15.2. The van der Waals surface area contributed by atoms with Gasteiger partial charge in [-0.1, -0.05) is 36.4 Å². The number of hydrogen-bond acceptors (Lipinski definition) is 3. The molecular weight excluding hydrogens is 274 g/mol. The zero-order valence-corrected chi connectivity index (χ0v) is 12.0. The van der Waals surface area contributed by atoms with Crippen LogP contribution in [0.3, 0.4) is 0 Å². The van der Waals surface area contributed by atoms with Crippen LogP contribution in [-0.2, 0) is 6.61 Å². The summed E-state index contributed by atoms with van der Waals surface area (Å²) in [5, 5.41) is 0. The quantitative estimate of drug-likeness (QED) is 0.663. The minimum absolute atomic E-state index is 0.494. The maximum atomic E-state index is 11.2. The first kappa shape index (κ1) is 14.0. The van der Waals surface area contributed by atoms with Crippen LogP contribution in [0.15, 0.2) is 73.1 Å². The summed E-state index contributed by atoms with van der Waals surface area (Å²) in [5.74, 6) is 0.730. The molecule has 3 rings (SSSR count). The number of carbonyl (C=O) groups is 1. The molecule has 0 radical (unpaired) electrons. The van der Waals surface area contributed by atoms with Crippen LogP contribution >= 0.6 is 0 Å². The van der Waals surface area contributed by atoms with Crippen LogP contribution in [0.5, 0.6) is 5.75 Å². The van der Waals surface area contributed by atoms with Crippen molar-refractivity contribution in [3.8, 4) is 16.9 Å². The van der Waals surface area contributed by atoms with Gasteiger partial charge in [-0.2, -0.15) is 0 Å². The van der Waals surface area contributed by atoms with Gasteiger partial charge in [0.25, 0.3) is 0 Å². The molecule has 0 amide bonds. The molecule has 108 valence electrons. The van der Waals surface area contributed by atoms with Gasteiger partial charge in [0.15, 0.2) is 6.29 Å². The summed E-state index contributed by atoms with van der Waals surface area (Å²) in [6.45, 7) is 0.494. The van der Waals surface area contributed by atoms with Crippen LogP contribution < -0.4 is 4.74 Å². The van der Waals surface area contributed by atoms with Crippen molar-refractivity contribution in [2.24, 2.45) is 0 Å². The molecule has 0 saturated carbocycles. The van der Waals surface area contributed by atoms with Gasteiger partial charge in [0, 0.05) is 23.5 Å². The largest absolute Gasteiger partial charge is 0.489 e. The van der Waals surface area contributed by atoms with Gasteiger partial charge in [-0.25, -0.2) is 0 Å². The van der Waals surface area contributed by atoms with E-state index in [0.29, 0.717) is 12.2 Å². The lowest BCUT2D eigenvalue weighted by molar-refractivity contribution is 0.112. The van der Waals surface area contributed by atoms with E-state index in [1.165, 1.54) is 0 Å². The van der Waals surface area contributed by atoms with Crippen LogP contribution in [0.25, 0.3) is 11.1 Å². The number of rotatable bonds is 5. The van der Waals surface area contributed by atoms with Crippen molar-refractivity contribution in [1.82, 2.24) is 4.98 Å². The summed E-state index contributed by atoms with van der Waals surface area (Å²) in [5.41, 5.74) is 3.45. The standard InChI is InChI=1S/C19H15NO2/c21-13-17-8-9-18(22-14-15-5-2-1-3-6-15)11-19(17)16-7-4-10-20-12-16/h1-13H,14H2. The highest BCUT2D eigenvalue weighted by Gasteiger charge is 2.07. The van der Waals surface area contributed by atoms with E-state index in [-0.39, 0.29) is 0 Å². The van der Waals surface area contributed by atoms with Gasteiger partial charge < -0.3 is 4.74 Å². The first-order valence-electron chi connectivity index (χ1n) is 7.03. The fraction of sp³-hybridized carbons (Fsp3) is 0.0526. The van der Waals surface area contributed by atoms with Gasteiger partial charge in [0.2, 0.25) is 0 Å². The second kappa shape index (κ2) is 6.68. The summed E-state index contributed by atoms with van der Waals surface area (Å²) < 4.78 is 5.82. The number of nitrogens with zero attached hydrogens (tertiary/aromatic N) is 1. The third-order valence-corrected chi connectivity index (χ3v) is 3.37. The van der Waals surface area contributed by atoms with E-state index in [1.807, 2.05) is 54.6 Å². The Morgan fingerprint density at radius 2 is 1.86 bits per heavy atom. The summed E-state index contributed by atoms with van der Waals surface area (Å²) >= 11 is 0. The summed E-state index contributed by atoms with van der Waals surface area (Å²) in [7, 11) is 0. The highest BCUT2D eigenvalue weighted by molar-refractivity contribution is 5.88. The minimum atomic E-state index is 0.494. The van der Waals surface area contributed by atoms with Gasteiger partial charge in [-0.05, 0) is 35.4 Å². The normalized spacial score (nSPS) is 10.2. The molecule has 1 aromatic heterocycles. The van der Waals surface area contributed by atoms with E-state index in [0.717, 1.165) is 28.7 Å². The molecule has 0 aliphatic heterocycles. The maximum absolute atomic E-state index is 11.2. The van der Waals surface area contributed by atoms with Crippen molar-refractivity contribution >= 4 is 6.29 Å². The topological polar surface area (TPSA) is 39.2 Å². The van der Waals surface area contributed by atoms with Crippen LogP contribution in [0, 0.1) is 0 Å². The number of ether oxygens (including phenoxy) is 1. The molecule has 2 aromatic carbocycles. The van der Waals surface area contributed by atoms with E-state index in [1.54, 1.807) is 18.5 Å². The van der Waals surface area contributed by atoms with Gasteiger partial charge in [-0.3, -0.25) is 9.78 Å². The molecule has 0 fully saturated rings. The van der Waals surface area contributed by atoms with E-state index in [4.69, 9.17) is 4.74 Å². The zero-order valence-electron chi connectivity index (χ0n) is 12.0. The Morgan fingerprint density at radius 1 is 1.00 bits per heavy atom. The number of aromatic nitrogens is 1. The Bertz CT molecular complexity index is 755. The summed E-state index contributed by atoms with van der Waals surface area (Å²) in [4.78, 5) is 15.3. The SMILES string of the molecule is O=Cc1ccc(OCc2ccccc2)cc1-c1cccnc1. The van der Waals surface area contributed by atoms with E-state index >= 15 is 0 Å². The molecule has 0 N–H and O–H groups in total. The molecule has 0 saturated heterocycles. The van der Waals surface area contributed by atoms with Crippen molar-refractivity contribution in [2.45, 2.75) is 6.61 Å². The molecule has 22 heavy (non-hydrogen) atoms. The van der Waals surface area contributed by atoms with Gasteiger partial charge >= 0.3 is 0 Å². The van der Waals surface area contributed by atoms with Crippen molar-refractivity contribution in [2.75, 3.05) is 0 Å². The van der Waals surface area contributed by atoms with Crippen LogP contribution in [0.2, 0.25) is 0 Å². The summed E-state index contributed by atoms with van der Waals surface area (Å²) in [6, 6.07) is 19.2. The fourth-order valence-corrected chi connectivity index (χ4v) is 2.24. The second-order valence-electron chi connectivity index (χ2n) is 4.88. The molecule has 0 aliphatic rings. The molecule has 3 nitrogen and oxygen atoms in total. The molecule has 3 heteroatoms. The lowest BCUT2D eigenvalue weighted by Crippen LogP contribution is -1.96. The number of carbonyl (C=O) groups excluding carboxylic acids is 1. The van der Waals surface area contributed by atoms with Crippen molar-refractivity contribution in [1.29, 1.82) is 0 Å². The smallest absolute Gasteiger partial charge is 0.150 e. The average molecular weight is 289 g/mol. The maximum Gasteiger partial charge on any atom is 0.150 e. The monoisotopic (exact) mass is 289 g/mol. The van der Waals surface area contributed by atoms with Gasteiger partial charge in [0.05, 0.1) is 0 Å². The molecule has 0 aliphatic carbocycles. The fourth-order valence-electron chi connectivity index (χ4n) is 2.24. The van der Waals surface area contributed by atoms with Gasteiger partial charge in [0.1, 0.15) is 12.4 Å². The Hall–Kier alpha value is -2.94. The lowest BCUT2D eigenvalue weighted by atomic mass is 10.0. The Balaban J connectivity index is 1.86. The minimum Gasteiger partial charge on any atom is -0.489 e. The van der Waals surface area contributed by atoms with Crippen molar-refractivity contribution in [3.05, 3.63) is 84.2 Å². The van der Waals surface area contributed by atoms with Crippen LogP contribution in [-0.4, -0.2) is 11.3 Å². The van der Waals surface area contributed by atoms with E-state index < -0.39 is 0 Å². The number of aldehydes is 1. The highest BCUT2D eigenvalue weighted by atomic mass is 16.5. The van der Waals surface area contributed by atoms with Gasteiger partial charge in [-0.15, -0.1) is 0 Å². The summed E-state index contributed by atoms with van der Waals surface area (Å²) in [6.07, 6.45) is 4.30. The highest BCUT2D eigenvalue weighted by Crippen LogP contribution is 2.27. The second-order valence-corrected chi connectivity index (χ2v) is 4.88. The van der Waals surface area contributed by atoms with Crippen LogP contribution in [0.4, 0.5) is 0 Å². The molecule has 1 heterocycles. The molecule has 0 unspecified atom stereocenters. The lowest BCUT2D eigenvalue weighted by Gasteiger charge is -2.10. The van der Waals surface area contributed by atoms with Crippen molar-refractivity contribution in [3.63, 3.8) is 0 Å². The first-order valence-corrected chi connectivity index (χ1v) is 7.03. The molecule has 0 atom stereocenters. The van der Waals surface area contributed by atoms with E-state index in [9.17, 15) is 4.79 Å². The third-order valence-electron chi connectivity index (χ3n) is 3.37. The molecule has 0 spiro atoms. The molecular formula is C19H15NO2. The Kier molecular flexibility index (Phi) is 4.25. The number of pyridine rings is 1. The van der Waals surface area contributed by atoms with E-state index in [2.05, 4.69) is 4.98 Å². The molecule has 3 aromatic rings. The predicted octanol–water partition coefficient (Wildman–Crippen LogP) is 4.14. The first-order chi connectivity index (χ1) is 10.9. The third kappa shape index (κ3) is 3.20. The number of hydrogen-bond donors (Lipinski definition) is 0. The van der Waals surface area contributed by atoms with Crippen molar-refractivity contribution < 1.29 is 9.53 Å².